The fourth-order valence-electron chi connectivity index (χ4n) is 2.62. The molecular formula is C13H23N5. The smallest absolute Gasteiger partial charge is 0.151 e. The van der Waals surface area contributed by atoms with Crippen LogP contribution in [0.5, 0.6) is 0 Å². The van der Waals surface area contributed by atoms with E-state index in [2.05, 4.69) is 26.9 Å². The van der Waals surface area contributed by atoms with Gasteiger partial charge in [-0.3, -0.25) is 4.90 Å². The summed E-state index contributed by atoms with van der Waals surface area (Å²) in [6.45, 7) is 7.27. The topological polar surface area (TPSA) is 58.3 Å². The number of nitrogens with zero attached hydrogens (tertiary/aromatic N) is 4. The highest BCUT2D eigenvalue weighted by atomic mass is 15.3. The molecule has 1 aromatic rings. The molecule has 0 amide bonds. The Morgan fingerprint density at radius 3 is 2.67 bits per heavy atom. The Balaban J connectivity index is 1.88. The molecule has 100 valence electrons. The van der Waals surface area contributed by atoms with Crippen LogP contribution in [0.15, 0.2) is 18.3 Å². The number of anilines is 1. The number of nitrogens with two attached hydrogens (primary N) is 1. The molecule has 5 nitrogen and oxygen atoms in total. The van der Waals surface area contributed by atoms with Gasteiger partial charge in [-0.05, 0) is 31.5 Å². The first-order valence-electron chi connectivity index (χ1n) is 6.82. The number of hydrogen-bond donors (Lipinski definition) is 1. The van der Waals surface area contributed by atoms with Crippen molar-refractivity contribution in [2.75, 3.05) is 37.6 Å². The van der Waals surface area contributed by atoms with Crippen LogP contribution in [0.25, 0.3) is 0 Å². The van der Waals surface area contributed by atoms with Crippen molar-refractivity contribution in [2.45, 2.75) is 25.8 Å². The molecule has 2 rings (SSSR count). The van der Waals surface area contributed by atoms with E-state index in [1.807, 2.05) is 12.1 Å². The Kier molecular flexibility index (Phi) is 4.90. The fraction of sp³-hybridized carbons (Fsp3) is 0.692. The highest BCUT2D eigenvalue weighted by Gasteiger charge is 2.22. The summed E-state index contributed by atoms with van der Waals surface area (Å²) in [5.74, 6) is 0.990. The lowest BCUT2D eigenvalue weighted by molar-refractivity contribution is 0.173. The van der Waals surface area contributed by atoms with Crippen LogP contribution in [0.1, 0.15) is 19.8 Å². The Labute approximate surface area is 109 Å². The highest BCUT2D eigenvalue weighted by molar-refractivity contribution is 5.36. The van der Waals surface area contributed by atoms with Gasteiger partial charge in [-0.15, -0.1) is 5.10 Å². The van der Waals surface area contributed by atoms with E-state index in [1.54, 1.807) is 6.20 Å². The molecule has 1 aliphatic rings. The number of aromatic nitrogens is 2. The largest absolute Gasteiger partial charge is 0.353 e. The van der Waals surface area contributed by atoms with Crippen LogP contribution < -0.4 is 10.6 Å². The highest BCUT2D eigenvalue weighted by Crippen LogP contribution is 2.15. The molecule has 1 saturated heterocycles. The SMILES string of the molecule is CCC(CCN)N1CCN(c2cccnn2)CC1. The number of hydrogen-bond acceptors (Lipinski definition) is 5. The zero-order valence-electron chi connectivity index (χ0n) is 11.1. The van der Waals surface area contributed by atoms with Crippen molar-refractivity contribution in [2.24, 2.45) is 5.73 Å². The Morgan fingerprint density at radius 1 is 1.33 bits per heavy atom. The summed E-state index contributed by atoms with van der Waals surface area (Å²) in [6, 6.07) is 4.61. The third-order valence-electron chi connectivity index (χ3n) is 3.68. The molecule has 0 saturated carbocycles. The van der Waals surface area contributed by atoms with Crippen LogP contribution in [0.2, 0.25) is 0 Å². The number of rotatable bonds is 5. The maximum absolute atomic E-state index is 5.67. The molecule has 1 unspecified atom stereocenters. The van der Waals surface area contributed by atoms with Crippen molar-refractivity contribution in [3.63, 3.8) is 0 Å². The van der Waals surface area contributed by atoms with Crippen molar-refractivity contribution < 1.29 is 0 Å². The third-order valence-corrected chi connectivity index (χ3v) is 3.68. The van der Waals surface area contributed by atoms with E-state index in [-0.39, 0.29) is 0 Å². The van der Waals surface area contributed by atoms with Gasteiger partial charge in [-0.1, -0.05) is 6.92 Å². The Hall–Kier alpha value is -1.20. The molecular weight excluding hydrogens is 226 g/mol. The summed E-state index contributed by atoms with van der Waals surface area (Å²) in [5.41, 5.74) is 5.67. The quantitative estimate of drug-likeness (QED) is 0.833. The van der Waals surface area contributed by atoms with Crippen LogP contribution >= 0.6 is 0 Å². The van der Waals surface area contributed by atoms with Crippen molar-refractivity contribution in [3.8, 4) is 0 Å². The summed E-state index contributed by atoms with van der Waals surface area (Å²) in [7, 11) is 0. The summed E-state index contributed by atoms with van der Waals surface area (Å²) < 4.78 is 0. The van der Waals surface area contributed by atoms with Crippen molar-refractivity contribution >= 4 is 5.82 Å². The second-order valence-electron chi connectivity index (χ2n) is 4.74. The molecule has 1 atom stereocenters. The molecule has 2 heterocycles. The van der Waals surface area contributed by atoms with Gasteiger partial charge < -0.3 is 10.6 Å². The van der Waals surface area contributed by atoms with Gasteiger partial charge in [0.05, 0.1) is 0 Å². The minimum atomic E-state index is 0.638. The first kappa shape index (κ1) is 13.2. The second kappa shape index (κ2) is 6.66. The molecule has 18 heavy (non-hydrogen) atoms. The van der Waals surface area contributed by atoms with Gasteiger partial charge >= 0.3 is 0 Å². The van der Waals surface area contributed by atoms with Gasteiger partial charge in [-0.2, -0.15) is 5.10 Å². The molecule has 0 spiro atoms. The summed E-state index contributed by atoms with van der Waals surface area (Å²) in [4.78, 5) is 4.86. The van der Waals surface area contributed by atoms with Crippen molar-refractivity contribution in [1.29, 1.82) is 0 Å². The maximum atomic E-state index is 5.67. The molecule has 2 N–H and O–H groups in total. The van der Waals surface area contributed by atoms with Gasteiger partial charge in [0.15, 0.2) is 5.82 Å². The standard InChI is InChI=1S/C13H23N5/c1-2-12(5-6-14)17-8-10-18(11-9-17)13-4-3-7-15-16-13/h3-4,7,12H,2,5-6,8-11,14H2,1H3. The molecule has 0 radical (unpaired) electrons. The summed E-state index contributed by atoms with van der Waals surface area (Å²) in [6.07, 6.45) is 4.00. The lowest BCUT2D eigenvalue weighted by Crippen LogP contribution is -2.50. The van der Waals surface area contributed by atoms with Crippen LogP contribution in [0, 0.1) is 0 Å². The zero-order valence-corrected chi connectivity index (χ0v) is 11.1. The third kappa shape index (κ3) is 3.17. The van der Waals surface area contributed by atoms with E-state index in [1.165, 1.54) is 6.42 Å². The lowest BCUT2D eigenvalue weighted by Gasteiger charge is -2.39. The van der Waals surface area contributed by atoms with Gasteiger partial charge in [0.1, 0.15) is 0 Å². The van der Waals surface area contributed by atoms with E-state index in [4.69, 9.17) is 5.73 Å². The Bertz CT molecular complexity index is 334. The molecule has 0 aliphatic carbocycles. The number of piperazine rings is 1. The van der Waals surface area contributed by atoms with E-state index in [0.29, 0.717) is 6.04 Å². The molecule has 0 aromatic carbocycles. The van der Waals surface area contributed by atoms with Crippen molar-refractivity contribution in [3.05, 3.63) is 18.3 Å². The monoisotopic (exact) mass is 249 g/mol. The van der Waals surface area contributed by atoms with Gasteiger partial charge in [0.2, 0.25) is 0 Å². The van der Waals surface area contributed by atoms with E-state index in [0.717, 1.165) is 45.0 Å². The average Bonchev–Trinajstić information content (AvgIpc) is 2.46. The minimum Gasteiger partial charge on any atom is -0.353 e. The van der Waals surface area contributed by atoms with Crippen LogP contribution in [0.3, 0.4) is 0 Å². The molecule has 1 aliphatic heterocycles. The van der Waals surface area contributed by atoms with Crippen LogP contribution in [-0.2, 0) is 0 Å². The average molecular weight is 249 g/mol. The molecule has 5 heteroatoms. The normalized spacial score (nSPS) is 18.9. The predicted molar refractivity (Wildman–Crippen MR) is 73.6 cm³/mol. The van der Waals surface area contributed by atoms with Crippen molar-refractivity contribution in [1.82, 2.24) is 15.1 Å². The van der Waals surface area contributed by atoms with E-state index >= 15 is 0 Å². The predicted octanol–water partition coefficient (Wildman–Crippen LogP) is 0.726. The van der Waals surface area contributed by atoms with E-state index < -0.39 is 0 Å². The maximum Gasteiger partial charge on any atom is 0.151 e. The first-order valence-corrected chi connectivity index (χ1v) is 6.82. The van der Waals surface area contributed by atoms with Gasteiger partial charge in [0.25, 0.3) is 0 Å². The minimum absolute atomic E-state index is 0.638. The van der Waals surface area contributed by atoms with Crippen LogP contribution in [0.4, 0.5) is 5.82 Å². The zero-order chi connectivity index (χ0) is 12.8. The molecule has 0 bridgehead atoms. The van der Waals surface area contributed by atoms with Crippen LogP contribution in [-0.4, -0.2) is 53.9 Å². The summed E-state index contributed by atoms with van der Waals surface area (Å²) >= 11 is 0. The lowest BCUT2D eigenvalue weighted by atomic mass is 10.1. The first-order chi connectivity index (χ1) is 8.85. The van der Waals surface area contributed by atoms with Gasteiger partial charge in [-0.25, -0.2) is 0 Å². The summed E-state index contributed by atoms with van der Waals surface area (Å²) in [5, 5.41) is 8.10. The molecule has 1 fully saturated rings. The Morgan fingerprint density at radius 2 is 2.11 bits per heavy atom. The fourth-order valence-corrected chi connectivity index (χ4v) is 2.62. The second-order valence-corrected chi connectivity index (χ2v) is 4.74. The van der Waals surface area contributed by atoms with E-state index in [9.17, 15) is 0 Å². The molecule has 1 aromatic heterocycles. The van der Waals surface area contributed by atoms with Gasteiger partial charge in [0, 0.05) is 38.4 Å².